The Labute approximate surface area is 126 Å². The Morgan fingerprint density at radius 2 is 1.90 bits per heavy atom. The van der Waals surface area contributed by atoms with Crippen LogP contribution in [-0.4, -0.2) is 43.1 Å². The lowest BCUT2D eigenvalue weighted by molar-refractivity contribution is 0.213. The fourth-order valence-corrected chi connectivity index (χ4v) is 4.46. The number of aliphatic hydroxyl groups is 1. The molecule has 2 N–H and O–H groups in total. The summed E-state index contributed by atoms with van der Waals surface area (Å²) in [5.41, 5.74) is 1.10. The zero-order chi connectivity index (χ0) is 14.9. The second kappa shape index (κ2) is 6.04. The van der Waals surface area contributed by atoms with Gasteiger partial charge in [-0.05, 0) is 43.4 Å². The summed E-state index contributed by atoms with van der Waals surface area (Å²) in [5.74, 6) is 0. The topological polar surface area (TPSA) is 69.6 Å². The molecule has 0 aromatic heterocycles. The molecular weight excluding hydrogens is 288 g/mol. The molecule has 0 spiro atoms. The molecule has 3 rings (SSSR count). The van der Waals surface area contributed by atoms with Crippen molar-refractivity contribution in [2.45, 2.75) is 49.2 Å². The quantitative estimate of drug-likeness (QED) is 0.825. The summed E-state index contributed by atoms with van der Waals surface area (Å²) in [6.07, 6.45) is 4.03. The van der Waals surface area contributed by atoms with E-state index in [1.165, 1.54) is 17.1 Å². The minimum absolute atomic E-state index is 0.109. The zero-order valence-electron chi connectivity index (χ0n) is 12.0. The number of benzene rings is 1. The average molecular weight is 310 g/mol. The normalized spacial score (nSPS) is 23.6. The van der Waals surface area contributed by atoms with E-state index in [1.807, 2.05) is 12.1 Å². The van der Waals surface area contributed by atoms with Crippen LogP contribution in [0.1, 0.15) is 31.2 Å². The molecule has 5 nitrogen and oxygen atoms in total. The van der Waals surface area contributed by atoms with Crippen LogP contribution in [0.4, 0.5) is 0 Å². The van der Waals surface area contributed by atoms with Gasteiger partial charge in [0.05, 0.1) is 11.5 Å². The lowest BCUT2D eigenvalue weighted by Gasteiger charge is -2.22. The van der Waals surface area contributed by atoms with Gasteiger partial charge < -0.3 is 10.4 Å². The number of aliphatic hydroxyl groups excluding tert-OH is 1. The first-order chi connectivity index (χ1) is 10.1. The molecule has 1 unspecified atom stereocenters. The molecule has 1 aromatic rings. The summed E-state index contributed by atoms with van der Waals surface area (Å²) in [5, 5.41) is 12.7. The highest BCUT2D eigenvalue weighted by atomic mass is 32.2. The number of nitrogens with zero attached hydrogens (tertiary/aromatic N) is 1. The van der Waals surface area contributed by atoms with Crippen LogP contribution >= 0.6 is 0 Å². The van der Waals surface area contributed by atoms with E-state index in [9.17, 15) is 13.5 Å². The van der Waals surface area contributed by atoms with E-state index in [4.69, 9.17) is 0 Å². The Kier molecular flexibility index (Phi) is 4.31. The Hall–Kier alpha value is -0.950. The summed E-state index contributed by atoms with van der Waals surface area (Å²) in [7, 11) is -3.48. The Morgan fingerprint density at radius 3 is 2.52 bits per heavy atom. The summed E-state index contributed by atoms with van der Waals surface area (Å²) < 4.78 is 26.6. The fourth-order valence-electron chi connectivity index (χ4n) is 2.77. The predicted octanol–water partition coefficient (Wildman–Crippen LogP) is 1.08. The number of nitrogens with one attached hydrogen (secondary N) is 1. The third-order valence-electron chi connectivity index (χ3n) is 4.24. The van der Waals surface area contributed by atoms with Crippen molar-refractivity contribution < 1.29 is 13.5 Å². The maximum atomic E-state index is 12.6. The van der Waals surface area contributed by atoms with Crippen molar-refractivity contribution in [3.05, 3.63) is 29.8 Å². The van der Waals surface area contributed by atoms with Crippen molar-refractivity contribution in [2.75, 3.05) is 13.2 Å². The molecule has 6 heteroatoms. The first-order valence-corrected chi connectivity index (χ1v) is 9.00. The van der Waals surface area contributed by atoms with Gasteiger partial charge >= 0.3 is 0 Å². The van der Waals surface area contributed by atoms with Crippen LogP contribution in [0.2, 0.25) is 0 Å². The molecule has 116 valence electrons. The lowest BCUT2D eigenvalue weighted by Crippen LogP contribution is -2.37. The van der Waals surface area contributed by atoms with Crippen molar-refractivity contribution in [1.29, 1.82) is 0 Å². The van der Waals surface area contributed by atoms with Crippen molar-refractivity contribution in [2.24, 2.45) is 0 Å². The van der Waals surface area contributed by atoms with E-state index in [1.54, 1.807) is 12.1 Å². The van der Waals surface area contributed by atoms with Gasteiger partial charge in [0.1, 0.15) is 0 Å². The number of hydrogen-bond donors (Lipinski definition) is 2. The van der Waals surface area contributed by atoms with E-state index in [0.717, 1.165) is 24.9 Å². The summed E-state index contributed by atoms with van der Waals surface area (Å²) >= 11 is 0. The molecule has 0 amide bonds. The molecule has 1 aliphatic carbocycles. The number of rotatable bonds is 6. The highest BCUT2D eigenvalue weighted by Crippen LogP contribution is 2.26. The molecule has 21 heavy (non-hydrogen) atoms. The van der Waals surface area contributed by atoms with Crippen LogP contribution in [0.25, 0.3) is 0 Å². The van der Waals surface area contributed by atoms with Gasteiger partial charge in [-0.2, -0.15) is 4.31 Å². The Bertz CT molecular complexity index is 581. The van der Waals surface area contributed by atoms with Crippen LogP contribution in [-0.2, 0) is 16.6 Å². The van der Waals surface area contributed by atoms with E-state index in [2.05, 4.69) is 5.32 Å². The van der Waals surface area contributed by atoms with Gasteiger partial charge in [-0.15, -0.1) is 0 Å². The molecule has 1 saturated heterocycles. The highest BCUT2D eigenvalue weighted by molar-refractivity contribution is 7.89. The number of hydrogen-bond acceptors (Lipinski definition) is 4. The summed E-state index contributed by atoms with van der Waals surface area (Å²) in [4.78, 5) is 0.318. The minimum Gasteiger partial charge on any atom is -0.395 e. The van der Waals surface area contributed by atoms with Crippen LogP contribution < -0.4 is 5.32 Å². The first kappa shape index (κ1) is 15.0. The van der Waals surface area contributed by atoms with Gasteiger partial charge in [-0.1, -0.05) is 12.1 Å². The lowest BCUT2D eigenvalue weighted by atomic mass is 10.2. The second-order valence-electron chi connectivity index (χ2n) is 5.89. The van der Waals surface area contributed by atoms with Gasteiger partial charge in [-0.3, -0.25) is 0 Å². The van der Waals surface area contributed by atoms with E-state index < -0.39 is 10.0 Å². The van der Waals surface area contributed by atoms with Crippen LogP contribution in [0.3, 0.4) is 0 Å². The molecule has 1 atom stereocenters. The van der Waals surface area contributed by atoms with Crippen molar-refractivity contribution in [1.82, 2.24) is 9.62 Å². The third-order valence-corrected chi connectivity index (χ3v) is 6.20. The van der Waals surface area contributed by atoms with Gasteiger partial charge in [0.2, 0.25) is 10.0 Å². The predicted molar refractivity (Wildman–Crippen MR) is 80.3 cm³/mol. The molecule has 2 fully saturated rings. The summed E-state index contributed by atoms with van der Waals surface area (Å²) in [6, 6.07) is 7.45. The molecule has 0 bridgehead atoms. The van der Waals surface area contributed by atoms with Gasteiger partial charge in [-0.25, -0.2) is 8.42 Å². The zero-order valence-corrected chi connectivity index (χ0v) is 12.8. The monoisotopic (exact) mass is 310 g/mol. The molecule has 2 aliphatic rings. The molecule has 1 saturated carbocycles. The van der Waals surface area contributed by atoms with Crippen LogP contribution in [0.5, 0.6) is 0 Å². The maximum absolute atomic E-state index is 12.6. The van der Waals surface area contributed by atoms with Crippen LogP contribution in [0, 0.1) is 0 Å². The van der Waals surface area contributed by atoms with Crippen molar-refractivity contribution in [3.8, 4) is 0 Å². The molecule has 1 heterocycles. The molecule has 1 aliphatic heterocycles. The molecule has 0 radical (unpaired) electrons. The van der Waals surface area contributed by atoms with Gasteiger partial charge in [0.25, 0.3) is 0 Å². The summed E-state index contributed by atoms with van der Waals surface area (Å²) in [6.45, 7) is 1.18. The Morgan fingerprint density at radius 1 is 1.19 bits per heavy atom. The standard InChI is InChI=1S/C15H22N2O3S/c18-11-14-2-1-9-17(14)21(19,20)15-7-3-12(4-8-15)10-16-13-5-6-13/h3-4,7-8,13-14,16,18H,1-2,5-6,9-11H2. The van der Waals surface area contributed by atoms with E-state index >= 15 is 0 Å². The fraction of sp³-hybridized carbons (Fsp3) is 0.600. The average Bonchev–Trinajstić information content (AvgIpc) is 3.19. The molecule has 1 aromatic carbocycles. The first-order valence-electron chi connectivity index (χ1n) is 7.56. The SMILES string of the molecule is O=S(=O)(c1ccc(CNC2CC2)cc1)N1CCCC1CO. The minimum atomic E-state index is -3.48. The highest BCUT2D eigenvalue weighted by Gasteiger charge is 2.34. The third kappa shape index (κ3) is 3.29. The van der Waals surface area contributed by atoms with Crippen molar-refractivity contribution >= 4 is 10.0 Å². The van der Waals surface area contributed by atoms with E-state index in [0.29, 0.717) is 17.5 Å². The second-order valence-corrected chi connectivity index (χ2v) is 7.78. The smallest absolute Gasteiger partial charge is 0.243 e. The van der Waals surface area contributed by atoms with Gasteiger partial charge in [0.15, 0.2) is 0 Å². The van der Waals surface area contributed by atoms with Crippen LogP contribution in [0.15, 0.2) is 29.2 Å². The maximum Gasteiger partial charge on any atom is 0.243 e. The van der Waals surface area contributed by atoms with Gasteiger partial charge in [0, 0.05) is 25.2 Å². The molecular formula is C15H22N2O3S. The van der Waals surface area contributed by atoms with Crippen molar-refractivity contribution in [3.63, 3.8) is 0 Å². The largest absolute Gasteiger partial charge is 0.395 e. The number of sulfonamides is 1. The van der Waals surface area contributed by atoms with E-state index in [-0.39, 0.29) is 12.6 Å². The Balaban J connectivity index is 1.72.